The van der Waals surface area contributed by atoms with Crippen LogP contribution in [-0.2, 0) is 0 Å². The van der Waals surface area contributed by atoms with E-state index in [2.05, 4.69) is 57.1 Å². The number of thiazole rings is 1. The molecule has 0 bridgehead atoms. The standard InChI is InChI=1S/C16H25NS/c1-6-7-12(2)8-9-13(3)14(4)10-16-11-18-15(5)17-16/h8,10-11,13H,6-7,9H2,1-5H3/b12-8-,14-10+/t13-/m0/s1. The Morgan fingerprint density at radius 2 is 2.17 bits per heavy atom. The van der Waals surface area contributed by atoms with E-state index in [0.29, 0.717) is 5.92 Å². The Morgan fingerprint density at radius 3 is 2.72 bits per heavy atom. The predicted octanol–water partition coefficient (Wildman–Crippen LogP) is 5.63. The van der Waals surface area contributed by atoms with E-state index in [4.69, 9.17) is 0 Å². The average molecular weight is 263 g/mol. The van der Waals surface area contributed by atoms with Gasteiger partial charge in [0.05, 0.1) is 10.7 Å². The second kappa shape index (κ2) is 7.52. The fourth-order valence-corrected chi connectivity index (χ4v) is 2.45. The number of aromatic nitrogens is 1. The summed E-state index contributed by atoms with van der Waals surface area (Å²) in [7, 11) is 0. The van der Waals surface area contributed by atoms with Crippen molar-refractivity contribution in [1.82, 2.24) is 4.98 Å². The summed E-state index contributed by atoms with van der Waals surface area (Å²) in [6.07, 6.45) is 8.21. The molecule has 100 valence electrons. The van der Waals surface area contributed by atoms with Gasteiger partial charge in [-0.1, -0.05) is 37.5 Å². The highest BCUT2D eigenvalue weighted by molar-refractivity contribution is 7.09. The molecule has 1 heterocycles. The number of hydrogen-bond acceptors (Lipinski definition) is 2. The van der Waals surface area contributed by atoms with E-state index < -0.39 is 0 Å². The van der Waals surface area contributed by atoms with E-state index in [1.165, 1.54) is 24.0 Å². The van der Waals surface area contributed by atoms with Crippen molar-refractivity contribution >= 4 is 17.4 Å². The maximum Gasteiger partial charge on any atom is 0.0901 e. The quantitative estimate of drug-likeness (QED) is 0.606. The van der Waals surface area contributed by atoms with E-state index in [-0.39, 0.29) is 0 Å². The topological polar surface area (TPSA) is 12.9 Å². The molecule has 1 atom stereocenters. The minimum atomic E-state index is 0.596. The Bertz CT molecular complexity index is 426. The molecule has 0 aliphatic rings. The van der Waals surface area contributed by atoms with Crippen molar-refractivity contribution in [3.05, 3.63) is 33.3 Å². The summed E-state index contributed by atoms with van der Waals surface area (Å²) in [6.45, 7) is 11.0. The van der Waals surface area contributed by atoms with Gasteiger partial charge in [-0.3, -0.25) is 0 Å². The van der Waals surface area contributed by atoms with Gasteiger partial charge in [0, 0.05) is 5.38 Å². The Kier molecular flexibility index (Phi) is 6.34. The molecule has 0 aliphatic heterocycles. The van der Waals surface area contributed by atoms with Crippen LogP contribution in [-0.4, -0.2) is 4.98 Å². The molecular weight excluding hydrogens is 238 g/mol. The maximum atomic E-state index is 4.48. The molecule has 0 unspecified atom stereocenters. The first kappa shape index (κ1) is 15.2. The van der Waals surface area contributed by atoms with Crippen LogP contribution < -0.4 is 0 Å². The Hall–Kier alpha value is -0.890. The molecular formula is C16H25NS. The molecule has 0 N–H and O–H groups in total. The molecule has 1 nitrogen and oxygen atoms in total. The van der Waals surface area contributed by atoms with Gasteiger partial charge >= 0.3 is 0 Å². The van der Waals surface area contributed by atoms with E-state index in [1.807, 2.05) is 0 Å². The lowest BCUT2D eigenvalue weighted by atomic mass is 9.96. The average Bonchev–Trinajstić information content (AvgIpc) is 2.72. The van der Waals surface area contributed by atoms with Crippen LogP contribution in [0.5, 0.6) is 0 Å². The molecule has 0 saturated heterocycles. The smallest absolute Gasteiger partial charge is 0.0901 e. The van der Waals surface area contributed by atoms with Gasteiger partial charge in [-0.05, 0) is 45.6 Å². The Morgan fingerprint density at radius 1 is 1.44 bits per heavy atom. The van der Waals surface area contributed by atoms with Crippen LogP contribution in [0.4, 0.5) is 0 Å². The molecule has 0 spiro atoms. The normalized spacial score (nSPS) is 14.9. The van der Waals surface area contributed by atoms with Crippen molar-refractivity contribution < 1.29 is 0 Å². The van der Waals surface area contributed by atoms with Crippen molar-refractivity contribution in [1.29, 1.82) is 0 Å². The van der Waals surface area contributed by atoms with Crippen LogP contribution in [0.25, 0.3) is 6.08 Å². The second-order valence-corrected chi connectivity index (χ2v) is 6.18. The minimum Gasteiger partial charge on any atom is -0.242 e. The summed E-state index contributed by atoms with van der Waals surface area (Å²) in [4.78, 5) is 4.48. The highest BCUT2D eigenvalue weighted by Crippen LogP contribution is 2.20. The fraction of sp³-hybridized carbons (Fsp3) is 0.562. The Labute approximate surface area is 116 Å². The molecule has 0 fully saturated rings. The number of aryl methyl sites for hydroxylation is 1. The van der Waals surface area contributed by atoms with E-state index in [0.717, 1.165) is 17.1 Å². The molecule has 1 aromatic heterocycles. The first-order valence-corrected chi connectivity index (χ1v) is 7.66. The predicted molar refractivity (Wildman–Crippen MR) is 82.9 cm³/mol. The lowest BCUT2D eigenvalue weighted by Crippen LogP contribution is -1.95. The zero-order valence-electron chi connectivity index (χ0n) is 12.3. The van der Waals surface area contributed by atoms with Crippen LogP contribution in [0.1, 0.15) is 57.7 Å². The lowest BCUT2D eigenvalue weighted by molar-refractivity contribution is 0.693. The summed E-state index contributed by atoms with van der Waals surface area (Å²) < 4.78 is 0. The van der Waals surface area contributed by atoms with E-state index >= 15 is 0 Å². The van der Waals surface area contributed by atoms with E-state index in [1.54, 1.807) is 11.3 Å². The van der Waals surface area contributed by atoms with Gasteiger partial charge in [0.25, 0.3) is 0 Å². The SMILES string of the molecule is CCC/C(C)=C\C[C@H](C)/C(C)=C/c1csc(C)n1. The molecule has 1 aromatic rings. The Balaban J connectivity index is 2.58. The van der Waals surface area contributed by atoms with Gasteiger partial charge < -0.3 is 0 Å². The van der Waals surface area contributed by atoms with E-state index in [9.17, 15) is 0 Å². The van der Waals surface area contributed by atoms with Gasteiger partial charge in [-0.25, -0.2) is 4.98 Å². The largest absolute Gasteiger partial charge is 0.242 e. The van der Waals surface area contributed by atoms with Crippen LogP contribution in [0.2, 0.25) is 0 Å². The summed E-state index contributed by atoms with van der Waals surface area (Å²) >= 11 is 1.72. The number of allylic oxidation sites excluding steroid dienone is 3. The molecule has 2 heteroatoms. The first-order chi connectivity index (χ1) is 8.52. The molecule has 18 heavy (non-hydrogen) atoms. The molecule has 0 radical (unpaired) electrons. The molecule has 0 amide bonds. The third kappa shape index (κ3) is 5.18. The van der Waals surface area contributed by atoms with Gasteiger partial charge in [-0.2, -0.15) is 0 Å². The minimum absolute atomic E-state index is 0.596. The zero-order chi connectivity index (χ0) is 13.5. The zero-order valence-corrected chi connectivity index (χ0v) is 13.1. The van der Waals surface area contributed by atoms with Gasteiger partial charge in [0.15, 0.2) is 0 Å². The maximum absolute atomic E-state index is 4.48. The summed E-state index contributed by atoms with van der Waals surface area (Å²) in [5.41, 5.74) is 4.04. The van der Waals surface area contributed by atoms with Crippen LogP contribution in [0.15, 0.2) is 22.6 Å². The van der Waals surface area contributed by atoms with Crippen LogP contribution in [0.3, 0.4) is 0 Å². The van der Waals surface area contributed by atoms with Crippen molar-refractivity contribution in [2.24, 2.45) is 5.92 Å². The van der Waals surface area contributed by atoms with Crippen LogP contribution >= 0.6 is 11.3 Å². The van der Waals surface area contributed by atoms with Crippen molar-refractivity contribution in [3.63, 3.8) is 0 Å². The van der Waals surface area contributed by atoms with Gasteiger partial charge in [0.1, 0.15) is 0 Å². The summed E-state index contributed by atoms with van der Waals surface area (Å²) in [6, 6.07) is 0. The molecule has 1 rings (SSSR count). The number of hydrogen-bond donors (Lipinski definition) is 0. The van der Waals surface area contributed by atoms with Crippen molar-refractivity contribution in [2.45, 2.75) is 53.9 Å². The third-order valence-electron chi connectivity index (χ3n) is 3.25. The summed E-state index contributed by atoms with van der Waals surface area (Å²) in [5, 5.41) is 3.27. The third-order valence-corrected chi connectivity index (χ3v) is 4.05. The fourth-order valence-electron chi connectivity index (χ4n) is 1.88. The van der Waals surface area contributed by atoms with Crippen molar-refractivity contribution in [3.8, 4) is 0 Å². The number of nitrogens with zero attached hydrogens (tertiary/aromatic N) is 1. The van der Waals surface area contributed by atoms with Crippen LogP contribution in [0, 0.1) is 12.8 Å². The second-order valence-electron chi connectivity index (χ2n) is 5.12. The number of rotatable bonds is 6. The first-order valence-electron chi connectivity index (χ1n) is 6.78. The van der Waals surface area contributed by atoms with Gasteiger partial charge in [0.2, 0.25) is 0 Å². The summed E-state index contributed by atoms with van der Waals surface area (Å²) in [5.74, 6) is 0.596. The van der Waals surface area contributed by atoms with Crippen molar-refractivity contribution in [2.75, 3.05) is 0 Å². The molecule has 0 aliphatic carbocycles. The lowest BCUT2D eigenvalue weighted by Gasteiger charge is -2.10. The highest BCUT2D eigenvalue weighted by atomic mass is 32.1. The molecule has 0 aromatic carbocycles. The highest BCUT2D eigenvalue weighted by Gasteiger charge is 2.04. The monoisotopic (exact) mass is 263 g/mol. The van der Waals surface area contributed by atoms with Gasteiger partial charge in [-0.15, -0.1) is 11.3 Å². The molecule has 0 saturated carbocycles.